The molecule has 0 fully saturated rings. The van der Waals surface area contributed by atoms with Crippen LogP contribution in [0.5, 0.6) is 11.5 Å². The summed E-state index contributed by atoms with van der Waals surface area (Å²) in [4.78, 5) is 0. The van der Waals surface area contributed by atoms with Crippen molar-refractivity contribution in [3.8, 4) is 11.5 Å². The lowest BCUT2D eigenvalue weighted by Gasteiger charge is -2.03. The van der Waals surface area contributed by atoms with Crippen LogP contribution in [0.25, 0.3) is 6.08 Å². The van der Waals surface area contributed by atoms with Gasteiger partial charge in [-0.3, -0.25) is 0 Å². The Hall–Kier alpha value is -1.26. The molecule has 0 aliphatic carbocycles. The van der Waals surface area contributed by atoms with Crippen LogP contribution in [-0.2, 0) is 0 Å². The highest BCUT2D eigenvalue weighted by atomic mass is 35.5. The summed E-state index contributed by atoms with van der Waals surface area (Å²) in [6.45, 7) is 0.407. The molecule has 1 aliphatic heterocycles. The van der Waals surface area contributed by atoms with Crippen LogP contribution in [-0.4, -0.2) is 13.3 Å². The van der Waals surface area contributed by atoms with Gasteiger partial charge in [-0.15, -0.1) is 0 Å². The first kappa shape index (κ1) is 10.3. The fraction of sp³-hybridized carbons (Fsp3) is 0.200. The van der Waals surface area contributed by atoms with Crippen LogP contribution < -0.4 is 15.2 Å². The molecule has 0 saturated heterocycles. The smallest absolute Gasteiger partial charge is 0.231 e. The van der Waals surface area contributed by atoms with Crippen LogP contribution in [0.3, 0.4) is 0 Å². The van der Waals surface area contributed by atoms with Crippen molar-refractivity contribution in [1.82, 2.24) is 0 Å². The van der Waals surface area contributed by atoms with Gasteiger partial charge in [-0.2, -0.15) is 0 Å². The standard InChI is InChI=1S/C10H9ClFNO2/c11-8-9(12)6(2-1-3-13)4-7-10(8)15-5-14-7/h1-2,4H,3,5,13H2/b2-1+. The Morgan fingerprint density at radius 3 is 3.07 bits per heavy atom. The number of fused-ring (bicyclic) bond motifs is 1. The van der Waals surface area contributed by atoms with Gasteiger partial charge < -0.3 is 15.2 Å². The minimum Gasteiger partial charge on any atom is -0.454 e. The second-order valence-electron chi connectivity index (χ2n) is 2.97. The van der Waals surface area contributed by atoms with E-state index in [2.05, 4.69) is 0 Å². The van der Waals surface area contributed by atoms with Crippen molar-refractivity contribution < 1.29 is 13.9 Å². The molecule has 0 spiro atoms. The van der Waals surface area contributed by atoms with E-state index < -0.39 is 5.82 Å². The molecule has 0 amide bonds. The molecule has 1 heterocycles. The molecule has 15 heavy (non-hydrogen) atoms. The highest BCUT2D eigenvalue weighted by Gasteiger charge is 2.22. The Morgan fingerprint density at radius 1 is 1.53 bits per heavy atom. The van der Waals surface area contributed by atoms with Crippen molar-refractivity contribution in [3.63, 3.8) is 0 Å². The van der Waals surface area contributed by atoms with E-state index in [0.29, 0.717) is 17.9 Å². The molecule has 0 saturated carbocycles. The molecule has 5 heteroatoms. The van der Waals surface area contributed by atoms with Crippen LogP contribution in [0.1, 0.15) is 5.56 Å². The largest absolute Gasteiger partial charge is 0.454 e. The maximum atomic E-state index is 13.6. The van der Waals surface area contributed by atoms with Gasteiger partial charge in [-0.1, -0.05) is 23.8 Å². The number of hydrogen-bond donors (Lipinski definition) is 1. The van der Waals surface area contributed by atoms with E-state index in [9.17, 15) is 4.39 Å². The zero-order valence-corrected chi connectivity index (χ0v) is 8.55. The van der Waals surface area contributed by atoms with Crippen LogP contribution in [0, 0.1) is 5.82 Å². The summed E-state index contributed by atoms with van der Waals surface area (Å²) in [5.74, 6) is 0.197. The van der Waals surface area contributed by atoms with Crippen molar-refractivity contribution in [1.29, 1.82) is 0 Å². The van der Waals surface area contributed by atoms with Crippen LogP contribution in [0.4, 0.5) is 4.39 Å². The van der Waals surface area contributed by atoms with Crippen LogP contribution in [0.2, 0.25) is 5.02 Å². The van der Waals surface area contributed by atoms with Gasteiger partial charge in [-0.05, 0) is 6.07 Å². The first-order chi connectivity index (χ1) is 7.24. The Labute approximate surface area is 91.2 Å². The summed E-state index contributed by atoms with van der Waals surface area (Å²) in [5.41, 5.74) is 5.62. The topological polar surface area (TPSA) is 44.5 Å². The lowest BCUT2D eigenvalue weighted by Crippen LogP contribution is -1.93. The third kappa shape index (κ3) is 1.78. The van der Waals surface area contributed by atoms with E-state index in [1.165, 1.54) is 6.07 Å². The van der Waals surface area contributed by atoms with Crippen molar-refractivity contribution in [2.24, 2.45) is 5.73 Å². The van der Waals surface area contributed by atoms with Crippen molar-refractivity contribution in [2.45, 2.75) is 0 Å². The molecule has 2 rings (SSSR count). The van der Waals surface area contributed by atoms with E-state index in [1.54, 1.807) is 12.2 Å². The van der Waals surface area contributed by atoms with E-state index in [4.69, 9.17) is 26.8 Å². The number of benzene rings is 1. The molecule has 0 bridgehead atoms. The first-order valence-corrected chi connectivity index (χ1v) is 4.76. The molecular weight excluding hydrogens is 221 g/mol. The lowest BCUT2D eigenvalue weighted by atomic mass is 10.1. The summed E-state index contributed by atoms with van der Waals surface area (Å²) in [6, 6.07) is 1.54. The fourth-order valence-corrected chi connectivity index (χ4v) is 1.57. The van der Waals surface area contributed by atoms with E-state index in [-0.39, 0.29) is 17.6 Å². The summed E-state index contributed by atoms with van der Waals surface area (Å²) >= 11 is 5.78. The van der Waals surface area contributed by atoms with Gasteiger partial charge in [0.2, 0.25) is 6.79 Å². The predicted octanol–water partition coefficient (Wildman–Crippen LogP) is 2.18. The molecule has 0 aromatic heterocycles. The summed E-state index contributed by atoms with van der Waals surface area (Å²) in [7, 11) is 0. The first-order valence-electron chi connectivity index (χ1n) is 4.38. The average molecular weight is 230 g/mol. The van der Waals surface area contributed by atoms with Gasteiger partial charge in [0.15, 0.2) is 17.3 Å². The molecule has 0 radical (unpaired) electrons. The minimum absolute atomic E-state index is 0.0540. The van der Waals surface area contributed by atoms with Crippen molar-refractivity contribution in [2.75, 3.05) is 13.3 Å². The summed E-state index contributed by atoms with van der Waals surface area (Å²) in [6.07, 6.45) is 3.19. The van der Waals surface area contributed by atoms with E-state index in [1.807, 2.05) is 0 Å². The Bertz CT molecular complexity index is 420. The second kappa shape index (κ2) is 4.08. The molecular formula is C10H9ClFNO2. The maximum absolute atomic E-state index is 13.6. The fourth-order valence-electron chi connectivity index (χ4n) is 1.31. The van der Waals surface area contributed by atoms with Gasteiger partial charge in [0.05, 0.1) is 0 Å². The molecule has 0 unspecified atom stereocenters. The summed E-state index contributed by atoms with van der Waals surface area (Å²) < 4.78 is 23.8. The van der Waals surface area contributed by atoms with Gasteiger partial charge in [0, 0.05) is 12.1 Å². The molecule has 3 nitrogen and oxygen atoms in total. The maximum Gasteiger partial charge on any atom is 0.231 e. The predicted molar refractivity (Wildman–Crippen MR) is 55.6 cm³/mol. The average Bonchev–Trinajstić information content (AvgIpc) is 2.69. The van der Waals surface area contributed by atoms with E-state index in [0.717, 1.165) is 0 Å². The molecule has 2 N–H and O–H groups in total. The third-order valence-corrected chi connectivity index (χ3v) is 2.34. The SMILES string of the molecule is NC/C=C/c1cc2c(c(Cl)c1F)OCO2. The summed E-state index contributed by atoms with van der Waals surface area (Å²) in [5, 5.41) is -0.0540. The monoisotopic (exact) mass is 229 g/mol. The quantitative estimate of drug-likeness (QED) is 0.846. The zero-order chi connectivity index (χ0) is 10.8. The van der Waals surface area contributed by atoms with Gasteiger partial charge >= 0.3 is 0 Å². The number of hydrogen-bond acceptors (Lipinski definition) is 3. The number of nitrogens with two attached hydrogens (primary N) is 1. The van der Waals surface area contributed by atoms with Gasteiger partial charge in [0.25, 0.3) is 0 Å². The van der Waals surface area contributed by atoms with Gasteiger partial charge in [-0.25, -0.2) is 4.39 Å². The number of halogens is 2. The van der Waals surface area contributed by atoms with Gasteiger partial charge in [0.1, 0.15) is 5.02 Å². The third-order valence-electron chi connectivity index (χ3n) is 2.01. The molecule has 1 aliphatic rings. The highest BCUT2D eigenvalue weighted by Crippen LogP contribution is 2.42. The number of ether oxygens (including phenoxy) is 2. The second-order valence-corrected chi connectivity index (χ2v) is 3.34. The molecule has 1 aromatic carbocycles. The minimum atomic E-state index is -0.523. The van der Waals surface area contributed by atoms with E-state index >= 15 is 0 Å². The lowest BCUT2D eigenvalue weighted by molar-refractivity contribution is 0.174. The zero-order valence-electron chi connectivity index (χ0n) is 7.80. The van der Waals surface area contributed by atoms with Crippen LogP contribution >= 0.6 is 11.6 Å². The normalized spacial score (nSPS) is 13.8. The Balaban J connectivity index is 2.49. The molecule has 1 aromatic rings. The Morgan fingerprint density at radius 2 is 2.33 bits per heavy atom. The highest BCUT2D eigenvalue weighted by molar-refractivity contribution is 6.32. The Kier molecular flexibility index (Phi) is 2.79. The number of rotatable bonds is 2. The molecule has 80 valence electrons. The van der Waals surface area contributed by atoms with Crippen LogP contribution in [0.15, 0.2) is 12.1 Å². The van der Waals surface area contributed by atoms with Crippen molar-refractivity contribution in [3.05, 3.63) is 28.5 Å². The van der Waals surface area contributed by atoms with Crippen molar-refractivity contribution >= 4 is 17.7 Å². The molecule has 0 atom stereocenters.